The van der Waals surface area contributed by atoms with Gasteiger partial charge in [0.1, 0.15) is 5.75 Å². The topological polar surface area (TPSA) is 38.3 Å². The molecule has 0 bridgehead atoms. The van der Waals surface area contributed by atoms with Crippen LogP contribution in [0.2, 0.25) is 0 Å². The summed E-state index contributed by atoms with van der Waals surface area (Å²) in [5.74, 6) is 1.43. The minimum atomic E-state index is -0.0189. The summed E-state index contributed by atoms with van der Waals surface area (Å²) in [6.45, 7) is 5.50. The Morgan fingerprint density at radius 2 is 2.05 bits per heavy atom. The molecule has 0 saturated heterocycles. The molecule has 4 heteroatoms. The molecule has 0 radical (unpaired) electrons. The second kappa shape index (κ2) is 8.97. The van der Waals surface area contributed by atoms with Gasteiger partial charge >= 0.3 is 0 Å². The lowest BCUT2D eigenvalue weighted by molar-refractivity contribution is 0.0952. The zero-order valence-electron chi connectivity index (χ0n) is 11.6. The summed E-state index contributed by atoms with van der Waals surface area (Å²) < 4.78 is 5.34. The van der Waals surface area contributed by atoms with Crippen LogP contribution in [-0.4, -0.2) is 24.4 Å². The molecule has 1 atom stereocenters. The van der Waals surface area contributed by atoms with Gasteiger partial charge in [-0.15, -0.1) is 0 Å². The Labute approximate surface area is 123 Å². The average Bonchev–Trinajstić information content (AvgIpc) is 2.44. The molecule has 1 aromatic carbocycles. The van der Waals surface area contributed by atoms with Crippen molar-refractivity contribution >= 4 is 21.8 Å². The third-order valence-electron chi connectivity index (χ3n) is 2.85. The molecule has 0 aliphatic rings. The molecule has 0 heterocycles. The highest BCUT2D eigenvalue weighted by Crippen LogP contribution is 2.12. The monoisotopic (exact) mass is 327 g/mol. The quantitative estimate of drug-likeness (QED) is 0.585. The molecule has 0 aromatic heterocycles. The summed E-state index contributed by atoms with van der Waals surface area (Å²) in [4.78, 5) is 11.9. The molecule has 19 heavy (non-hydrogen) atoms. The van der Waals surface area contributed by atoms with Gasteiger partial charge in [0, 0.05) is 17.4 Å². The number of halogens is 1. The molecule has 1 N–H and O–H groups in total. The average molecular weight is 328 g/mol. The Kier molecular flexibility index (Phi) is 7.56. The van der Waals surface area contributed by atoms with Crippen LogP contribution in [0.25, 0.3) is 0 Å². The molecule has 1 aromatic rings. The molecule has 0 aliphatic heterocycles. The van der Waals surface area contributed by atoms with Crippen molar-refractivity contribution in [1.82, 2.24) is 5.32 Å². The third kappa shape index (κ3) is 6.10. The van der Waals surface area contributed by atoms with E-state index < -0.39 is 0 Å². The van der Waals surface area contributed by atoms with Crippen LogP contribution in [0.3, 0.4) is 0 Å². The van der Waals surface area contributed by atoms with Crippen LogP contribution in [0.15, 0.2) is 24.3 Å². The van der Waals surface area contributed by atoms with Gasteiger partial charge in [0.05, 0.1) is 6.61 Å². The number of carbonyl (C=O) groups excluding carboxylic acids is 1. The van der Waals surface area contributed by atoms with E-state index in [1.54, 1.807) is 12.1 Å². The third-order valence-corrected chi connectivity index (χ3v) is 3.96. The summed E-state index contributed by atoms with van der Waals surface area (Å²) in [6.07, 6.45) is 2.13. The van der Waals surface area contributed by atoms with Gasteiger partial charge in [0.25, 0.3) is 5.91 Å². The number of rotatable bonds is 8. The molecule has 1 unspecified atom stereocenters. The Morgan fingerprint density at radius 3 is 2.63 bits per heavy atom. The first-order chi connectivity index (χ1) is 9.17. The van der Waals surface area contributed by atoms with E-state index in [9.17, 15) is 4.79 Å². The molecule has 0 aliphatic carbocycles. The Morgan fingerprint density at radius 1 is 1.37 bits per heavy atom. The standard InChI is InChI=1S/C15H22BrNO2/c1-3-19-14-8-6-13(7-9-14)15(18)17-10-4-5-12(2)11-16/h6-9,12H,3-5,10-11H2,1-2H3,(H,17,18). The predicted molar refractivity (Wildman–Crippen MR) is 82.1 cm³/mol. The summed E-state index contributed by atoms with van der Waals surface area (Å²) in [5.41, 5.74) is 0.678. The number of benzene rings is 1. The van der Waals surface area contributed by atoms with Gasteiger partial charge in [-0.1, -0.05) is 22.9 Å². The maximum Gasteiger partial charge on any atom is 0.251 e. The molecule has 0 fully saturated rings. The van der Waals surface area contributed by atoms with E-state index in [0.29, 0.717) is 18.1 Å². The number of hydrogen-bond donors (Lipinski definition) is 1. The molecule has 1 amide bonds. The zero-order valence-corrected chi connectivity index (χ0v) is 13.2. The minimum absolute atomic E-state index is 0.0189. The van der Waals surface area contributed by atoms with Gasteiger partial charge in [-0.25, -0.2) is 0 Å². The van der Waals surface area contributed by atoms with Gasteiger partial charge < -0.3 is 10.1 Å². The smallest absolute Gasteiger partial charge is 0.251 e. The lowest BCUT2D eigenvalue weighted by Crippen LogP contribution is -2.24. The van der Waals surface area contributed by atoms with E-state index in [1.165, 1.54) is 0 Å². The lowest BCUT2D eigenvalue weighted by Gasteiger charge is -2.09. The molecular formula is C15H22BrNO2. The molecule has 0 spiro atoms. The first-order valence-electron chi connectivity index (χ1n) is 6.74. The van der Waals surface area contributed by atoms with Gasteiger partial charge in [-0.2, -0.15) is 0 Å². The molecule has 0 saturated carbocycles. The molecule has 1 rings (SSSR count). The Bertz CT molecular complexity index is 378. The van der Waals surface area contributed by atoms with Crippen molar-refractivity contribution in [3.63, 3.8) is 0 Å². The first-order valence-corrected chi connectivity index (χ1v) is 7.86. The van der Waals surface area contributed by atoms with E-state index in [0.717, 1.165) is 30.5 Å². The van der Waals surface area contributed by atoms with E-state index in [2.05, 4.69) is 28.2 Å². The minimum Gasteiger partial charge on any atom is -0.494 e. The molecule has 3 nitrogen and oxygen atoms in total. The number of hydrogen-bond acceptors (Lipinski definition) is 2. The van der Waals surface area contributed by atoms with Gasteiger partial charge in [-0.3, -0.25) is 4.79 Å². The van der Waals surface area contributed by atoms with Crippen molar-refractivity contribution in [3.05, 3.63) is 29.8 Å². The van der Waals surface area contributed by atoms with Crippen molar-refractivity contribution in [2.45, 2.75) is 26.7 Å². The van der Waals surface area contributed by atoms with Crippen LogP contribution in [0.4, 0.5) is 0 Å². The van der Waals surface area contributed by atoms with E-state index in [4.69, 9.17) is 4.74 Å². The molecular weight excluding hydrogens is 306 g/mol. The summed E-state index contributed by atoms with van der Waals surface area (Å²) in [5, 5.41) is 3.95. The van der Waals surface area contributed by atoms with E-state index in [1.807, 2.05) is 19.1 Å². The van der Waals surface area contributed by atoms with E-state index in [-0.39, 0.29) is 5.91 Å². The second-order valence-electron chi connectivity index (χ2n) is 4.61. The highest BCUT2D eigenvalue weighted by Gasteiger charge is 2.05. The SMILES string of the molecule is CCOc1ccc(C(=O)NCCCC(C)CBr)cc1. The van der Waals surface area contributed by atoms with Crippen LogP contribution < -0.4 is 10.1 Å². The van der Waals surface area contributed by atoms with Crippen molar-refractivity contribution in [3.8, 4) is 5.75 Å². The van der Waals surface area contributed by atoms with Gasteiger partial charge in [-0.05, 0) is 49.9 Å². The van der Waals surface area contributed by atoms with Gasteiger partial charge in [0.15, 0.2) is 0 Å². The second-order valence-corrected chi connectivity index (χ2v) is 5.26. The number of nitrogens with one attached hydrogen (secondary N) is 1. The largest absolute Gasteiger partial charge is 0.494 e. The van der Waals surface area contributed by atoms with Crippen LogP contribution in [0.1, 0.15) is 37.0 Å². The number of ether oxygens (including phenoxy) is 1. The van der Waals surface area contributed by atoms with Crippen molar-refractivity contribution in [2.75, 3.05) is 18.5 Å². The van der Waals surface area contributed by atoms with Crippen molar-refractivity contribution in [1.29, 1.82) is 0 Å². The fraction of sp³-hybridized carbons (Fsp3) is 0.533. The number of carbonyl (C=O) groups is 1. The zero-order chi connectivity index (χ0) is 14.1. The maximum atomic E-state index is 11.9. The van der Waals surface area contributed by atoms with Crippen LogP contribution in [0, 0.1) is 5.92 Å². The van der Waals surface area contributed by atoms with Crippen LogP contribution in [-0.2, 0) is 0 Å². The van der Waals surface area contributed by atoms with Gasteiger partial charge in [0.2, 0.25) is 0 Å². The molecule has 106 valence electrons. The maximum absolute atomic E-state index is 11.9. The van der Waals surface area contributed by atoms with Crippen molar-refractivity contribution < 1.29 is 9.53 Å². The highest BCUT2D eigenvalue weighted by molar-refractivity contribution is 9.09. The normalized spacial score (nSPS) is 11.9. The highest BCUT2D eigenvalue weighted by atomic mass is 79.9. The first kappa shape index (κ1) is 16.0. The Hall–Kier alpha value is -1.03. The summed E-state index contributed by atoms with van der Waals surface area (Å²) >= 11 is 3.45. The number of alkyl halides is 1. The van der Waals surface area contributed by atoms with E-state index >= 15 is 0 Å². The fourth-order valence-corrected chi connectivity index (χ4v) is 2.02. The lowest BCUT2D eigenvalue weighted by atomic mass is 10.1. The summed E-state index contributed by atoms with van der Waals surface area (Å²) in [6, 6.07) is 7.24. The van der Waals surface area contributed by atoms with Crippen LogP contribution in [0.5, 0.6) is 5.75 Å². The van der Waals surface area contributed by atoms with Crippen LogP contribution >= 0.6 is 15.9 Å². The number of amides is 1. The fourth-order valence-electron chi connectivity index (χ4n) is 1.70. The Balaban J connectivity index is 2.33. The predicted octanol–water partition coefficient (Wildman–Crippen LogP) is 3.63. The summed E-state index contributed by atoms with van der Waals surface area (Å²) in [7, 11) is 0. The van der Waals surface area contributed by atoms with Crippen molar-refractivity contribution in [2.24, 2.45) is 5.92 Å².